The van der Waals surface area contributed by atoms with E-state index in [4.69, 9.17) is 15.6 Å². The number of anilines is 1. The molecule has 0 aliphatic carbocycles. The van der Waals surface area contributed by atoms with Crippen molar-refractivity contribution < 1.29 is 9.84 Å². The fourth-order valence-corrected chi connectivity index (χ4v) is 1.23. The summed E-state index contributed by atoms with van der Waals surface area (Å²) in [5, 5.41) is 9.10. The highest BCUT2D eigenvalue weighted by Crippen LogP contribution is 2.23. The molecule has 0 spiro atoms. The zero-order valence-electron chi connectivity index (χ0n) is 8.50. The van der Waals surface area contributed by atoms with Gasteiger partial charge in [-0.15, -0.1) is 0 Å². The summed E-state index contributed by atoms with van der Waals surface area (Å²) in [5.41, 5.74) is 6.10. The van der Waals surface area contributed by atoms with Crippen molar-refractivity contribution in [2.45, 2.75) is 6.61 Å². The van der Waals surface area contributed by atoms with Gasteiger partial charge in [0.2, 0.25) is 5.88 Å². The van der Waals surface area contributed by atoms with E-state index < -0.39 is 0 Å². The molecule has 2 aromatic rings. The number of aromatic nitrogens is 2. The molecule has 2 rings (SSSR count). The molecule has 0 bridgehead atoms. The van der Waals surface area contributed by atoms with Crippen LogP contribution in [-0.4, -0.2) is 15.1 Å². The van der Waals surface area contributed by atoms with Crippen LogP contribution in [0.25, 0.3) is 0 Å². The molecule has 0 fully saturated rings. The van der Waals surface area contributed by atoms with Gasteiger partial charge in [0.1, 0.15) is 11.6 Å². The van der Waals surface area contributed by atoms with Gasteiger partial charge in [-0.2, -0.15) is 0 Å². The van der Waals surface area contributed by atoms with Gasteiger partial charge >= 0.3 is 0 Å². The molecule has 0 aliphatic rings. The number of nitrogen functional groups attached to an aromatic ring is 1. The monoisotopic (exact) mass is 217 g/mol. The molecule has 0 amide bonds. The molecule has 0 unspecified atom stereocenters. The smallest absolute Gasteiger partial charge is 0.237 e. The van der Waals surface area contributed by atoms with E-state index in [0.717, 1.165) is 0 Å². The minimum atomic E-state index is -0.0847. The highest BCUT2D eigenvalue weighted by atomic mass is 16.5. The lowest BCUT2D eigenvalue weighted by molar-refractivity contribution is 0.276. The fourth-order valence-electron chi connectivity index (χ4n) is 1.23. The summed E-state index contributed by atoms with van der Waals surface area (Å²) in [5.74, 6) is 1.24. The summed E-state index contributed by atoms with van der Waals surface area (Å²) in [4.78, 5) is 7.82. The van der Waals surface area contributed by atoms with Crippen LogP contribution in [0.5, 0.6) is 11.6 Å². The van der Waals surface area contributed by atoms with Crippen molar-refractivity contribution in [3.05, 3.63) is 42.2 Å². The third-order valence-electron chi connectivity index (χ3n) is 2.01. The average molecular weight is 217 g/mol. The van der Waals surface area contributed by atoms with E-state index in [0.29, 0.717) is 23.0 Å². The Balaban J connectivity index is 2.23. The molecule has 0 radical (unpaired) electrons. The molecule has 0 aliphatic heterocycles. The summed E-state index contributed by atoms with van der Waals surface area (Å²) >= 11 is 0. The molecule has 5 nitrogen and oxygen atoms in total. The normalized spacial score (nSPS) is 10.1. The number of nitrogens with zero attached hydrogens (tertiary/aromatic N) is 2. The third-order valence-corrected chi connectivity index (χ3v) is 2.01. The van der Waals surface area contributed by atoms with Crippen molar-refractivity contribution in [1.82, 2.24) is 9.97 Å². The second-order valence-corrected chi connectivity index (χ2v) is 3.15. The van der Waals surface area contributed by atoms with Crippen molar-refractivity contribution >= 4 is 5.82 Å². The quantitative estimate of drug-likeness (QED) is 0.810. The van der Waals surface area contributed by atoms with Gasteiger partial charge in [-0.25, -0.2) is 9.97 Å². The topological polar surface area (TPSA) is 81.3 Å². The second-order valence-electron chi connectivity index (χ2n) is 3.15. The zero-order chi connectivity index (χ0) is 11.4. The van der Waals surface area contributed by atoms with Gasteiger partial charge < -0.3 is 15.6 Å². The van der Waals surface area contributed by atoms with Gasteiger partial charge in [-0.1, -0.05) is 18.2 Å². The SMILES string of the molecule is Nc1cnc(Oc2ccccc2CO)cn1. The van der Waals surface area contributed by atoms with Crippen LogP contribution in [0.2, 0.25) is 0 Å². The molecule has 1 aromatic carbocycles. The van der Waals surface area contributed by atoms with Crippen LogP contribution in [0, 0.1) is 0 Å². The fraction of sp³-hybridized carbons (Fsp3) is 0.0909. The van der Waals surface area contributed by atoms with Gasteiger partial charge in [0.25, 0.3) is 0 Å². The van der Waals surface area contributed by atoms with E-state index >= 15 is 0 Å². The molecule has 0 saturated heterocycles. The Hall–Kier alpha value is -2.14. The molecular formula is C11H11N3O2. The summed E-state index contributed by atoms with van der Waals surface area (Å²) in [6.07, 6.45) is 2.85. The number of para-hydroxylation sites is 1. The first-order valence-electron chi connectivity index (χ1n) is 4.74. The van der Waals surface area contributed by atoms with Gasteiger partial charge in [0.05, 0.1) is 19.0 Å². The van der Waals surface area contributed by atoms with Crippen LogP contribution >= 0.6 is 0 Å². The maximum absolute atomic E-state index is 9.10. The Morgan fingerprint density at radius 1 is 1.19 bits per heavy atom. The van der Waals surface area contributed by atoms with E-state index in [1.165, 1.54) is 12.4 Å². The highest BCUT2D eigenvalue weighted by molar-refractivity contribution is 5.35. The van der Waals surface area contributed by atoms with Crippen molar-refractivity contribution in [1.29, 1.82) is 0 Å². The predicted octanol–water partition coefficient (Wildman–Crippen LogP) is 1.34. The van der Waals surface area contributed by atoms with Crippen LogP contribution < -0.4 is 10.5 Å². The van der Waals surface area contributed by atoms with Crippen molar-refractivity contribution in [3.63, 3.8) is 0 Å². The average Bonchev–Trinajstić information content (AvgIpc) is 2.33. The first-order valence-corrected chi connectivity index (χ1v) is 4.74. The molecule has 0 saturated carbocycles. The highest BCUT2D eigenvalue weighted by Gasteiger charge is 2.04. The number of benzene rings is 1. The van der Waals surface area contributed by atoms with Gasteiger partial charge in [0.15, 0.2) is 0 Å². The van der Waals surface area contributed by atoms with E-state index in [9.17, 15) is 0 Å². The number of hydrogen-bond donors (Lipinski definition) is 2. The largest absolute Gasteiger partial charge is 0.437 e. The predicted molar refractivity (Wildman–Crippen MR) is 58.9 cm³/mol. The van der Waals surface area contributed by atoms with E-state index in [-0.39, 0.29) is 6.61 Å². The zero-order valence-corrected chi connectivity index (χ0v) is 8.50. The minimum absolute atomic E-state index is 0.0847. The molecule has 1 heterocycles. The molecule has 16 heavy (non-hydrogen) atoms. The number of aliphatic hydroxyl groups excluding tert-OH is 1. The first-order chi connectivity index (χ1) is 7.79. The summed E-state index contributed by atoms with van der Waals surface area (Å²) in [6, 6.07) is 7.18. The Morgan fingerprint density at radius 3 is 2.69 bits per heavy atom. The van der Waals surface area contributed by atoms with Gasteiger partial charge in [-0.3, -0.25) is 0 Å². The van der Waals surface area contributed by atoms with Crippen LogP contribution in [0.1, 0.15) is 5.56 Å². The van der Waals surface area contributed by atoms with Gasteiger partial charge in [-0.05, 0) is 6.07 Å². The molecule has 5 heteroatoms. The van der Waals surface area contributed by atoms with Crippen molar-refractivity contribution in [2.24, 2.45) is 0 Å². The van der Waals surface area contributed by atoms with E-state index in [1.54, 1.807) is 12.1 Å². The third kappa shape index (κ3) is 2.26. The Kier molecular flexibility index (Phi) is 2.98. The molecule has 0 atom stereocenters. The number of aliphatic hydroxyl groups is 1. The summed E-state index contributed by atoms with van der Waals surface area (Å²) in [6.45, 7) is -0.0847. The Labute approximate surface area is 92.5 Å². The second kappa shape index (κ2) is 4.59. The van der Waals surface area contributed by atoms with Crippen molar-refractivity contribution in [3.8, 4) is 11.6 Å². The molecule has 82 valence electrons. The molecular weight excluding hydrogens is 206 g/mol. The standard InChI is InChI=1S/C11H11N3O2/c12-10-5-14-11(6-13-10)16-9-4-2-1-3-8(9)7-15/h1-6,15H,7H2,(H2,12,13). The molecule has 3 N–H and O–H groups in total. The minimum Gasteiger partial charge on any atom is -0.437 e. The van der Waals surface area contributed by atoms with E-state index in [1.807, 2.05) is 12.1 Å². The number of rotatable bonds is 3. The van der Waals surface area contributed by atoms with Gasteiger partial charge in [0, 0.05) is 5.56 Å². The van der Waals surface area contributed by atoms with Crippen LogP contribution in [0.4, 0.5) is 5.82 Å². The maximum atomic E-state index is 9.10. The van der Waals surface area contributed by atoms with Crippen LogP contribution in [0.15, 0.2) is 36.7 Å². The molecule has 1 aromatic heterocycles. The van der Waals surface area contributed by atoms with E-state index in [2.05, 4.69) is 9.97 Å². The number of nitrogens with two attached hydrogens (primary N) is 1. The Morgan fingerprint density at radius 2 is 2.00 bits per heavy atom. The van der Waals surface area contributed by atoms with Crippen LogP contribution in [0.3, 0.4) is 0 Å². The first kappa shape index (κ1) is 10.4. The number of hydrogen-bond acceptors (Lipinski definition) is 5. The van der Waals surface area contributed by atoms with Crippen LogP contribution in [-0.2, 0) is 6.61 Å². The van der Waals surface area contributed by atoms with Crippen molar-refractivity contribution in [2.75, 3.05) is 5.73 Å². The maximum Gasteiger partial charge on any atom is 0.237 e. The lowest BCUT2D eigenvalue weighted by atomic mass is 10.2. The Bertz CT molecular complexity index is 471. The lowest BCUT2D eigenvalue weighted by Gasteiger charge is -2.07. The summed E-state index contributed by atoms with van der Waals surface area (Å²) in [7, 11) is 0. The number of ether oxygens (including phenoxy) is 1. The summed E-state index contributed by atoms with van der Waals surface area (Å²) < 4.78 is 5.47. The lowest BCUT2D eigenvalue weighted by Crippen LogP contribution is -1.95.